The summed E-state index contributed by atoms with van der Waals surface area (Å²) in [6.45, 7) is 6.97. The first kappa shape index (κ1) is 20.3. The van der Waals surface area contributed by atoms with Crippen molar-refractivity contribution in [3.63, 3.8) is 0 Å². The monoisotopic (exact) mass is 404 g/mol. The molecule has 1 N–H and O–H groups in total. The average molecular weight is 405 g/mol. The van der Waals surface area contributed by atoms with Gasteiger partial charge in [0, 0.05) is 54.9 Å². The first-order valence-corrected chi connectivity index (χ1v) is 10.5. The van der Waals surface area contributed by atoms with Crippen LogP contribution < -0.4 is 10.1 Å². The molecule has 0 radical (unpaired) electrons. The Bertz CT molecular complexity index is 955. The molecule has 0 aliphatic carbocycles. The fourth-order valence-electron chi connectivity index (χ4n) is 3.94. The van der Waals surface area contributed by atoms with Gasteiger partial charge in [-0.05, 0) is 56.5 Å². The Morgan fingerprint density at radius 1 is 1.10 bits per heavy atom. The van der Waals surface area contributed by atoms with Crippen molar-refractivity contribution in [2.45, 2.75) is 32.1 Å². The third-order valence-corrected chi connectivity index (χ3v) is 5.61. The number of benzene rings is 1. The van der Waals surface area contributed by atoms with Crippen molar-refractivity contribution in [1.29, 1.82) is 0 Å². The van der Waals surface area contributed by atoms with Gasteiger partial charge in [0.15, 0.2) is 5.82 Å². The molecule has 0 atom stereocenters. The lowest BCUT2D eigenvalue weighted by Gasteiger charge is -2.38. The van der Waals surface area contributed by atoms with Crippen molar-refractivity contribution in [3.05, 3.63) is 66.1 Å². The molecule has 1 aromatic carbocycles. The van der Waals surface area contributed by atoms with Gasteiger partial charge in [-0.3, -0.25) is 4.98 Å². The van der Waals surface area contributed by atoms with Crippen molar-refractivity contribution in [2.24, 2.45) is 0 Å². The molecule has 156 valence electrons. The first-order valence-electron chi connectivity index (χ1n) is 10.5. The van der Waals surface area contributed by atoms with Gasteiger partial charge in [-0.25, -0.2) is 9.97 Å². The van der Waals surface area contributed by atoms with E-state index in [9.17, 15) is 0 Å². The molecule has 1 aliphatic heterocycles. The Morgan fingerprint density at radius 2 is 1.90 bits per heavy atom. The number of nitrogens with one attached hydrogen (secondary N) is 1. The van der Waals surface area contributed by atoms with Gasteiger partial charge >= 0.3 is 0 Å². The maximum atomic E-state index is 5.67. The third-order valence-electron chi connectivity index (χ3n) is 5.61. The molecule has 3 aromatic rings. The summed E-state index contributed by atoms with van der Waals surface area (Å²) in [5, 5.41) is 3.59. The molecule has 0 spiro atoms. The zero-order valence-electron chi connectivity index (χ0n) is 17.6. The third kappa shape index (κ3) is 4.60. The Labute approximate surface area is 177 Å². The number of aromatic nitrogens is 3. The van der Waals surface area contributed by atoms with E-state index in [4.69, 9.17) is 14.5 Å². The fourth-order valence-corrected chi connectivity index (χ4v) is 3.94. The van der Waals surface area contributed by atoms with Crippen LogP contribution in [0.4, 0.5) is 5.82 Å². The van der Waals surface area contributed by atoms with E-state index in [1.807, 2.05) is 32.0 Å². The number of hydrogen-bond acceptors (Lipinski definition) is 6. The van der Waals surface area contributed by atoms with Gasteiger partial charge in [0.05, 0.1) is 6.61 Å². The van der Waals surface area contributed by atoms with Crippen LogP contribution in [0.25, 0.3) is 11.4 Å². The first-order chi connectivity index (χ1) is 14.7. The van der Waals surface area contributed by atoms with Crippen LogP contribution in [0.15, 0.2) is 54.9 Å². The summed E-state index contributed by atoms with van der Waals surface area (Å²) in [5.74, 6) is 2.43. The highest BCUT2D eigenvalue weighted by molar-refractivity contribution is 5.56. The van der Waals surface area contributed by atoms with Crippen LogP contribution in [-0.2, 0) is 10.2 Å². The summed E-state index contributed by atoms with van der Waals surface area (Å²) in [4.78, 5) is 13.5. The van der Waals surface area contributed by atoms with Crippen LogP contribution in [0.2, 0.25) is 0 Å². The van der Waals surface area contributed by atoms with Crippen molar-refractivity contribution >= 4 is 5.82 Å². The summed E-state index contributed by atoms with van der Waals surface area (Å²) in [5.41, 5.74) is 3.14. The minimum atomic E-state index is -0.00366. The van der Waals surface area contributed by atoms with Crippen LogP contribution in [0.3, 0.4) is 0 Å². The summed E-state index contributed by atoms with van der Waals surface area (Å²) < 4.78 is 11.3. The van der Waals surface area contributed by atoms with Gasteiger partial charge in [0.2, 0.25) is 0 Å². The predicted octanol–water partition coefficient (Wildman–Crippen LogP) is 4.41. The van der Waals surface area contributed by atoms with Gasteiger partial charge in [0.1, 0.15) is 11.6 Å². The van der Waals surface area contributed by atoms with Crippen LogP contribution in [0, 0.1) is 6.92 Å². The van der Waals surface area contributed by atoms with E-state index in [1.54, 1.807) is 12.4 Å². The molecule has 0 amide bonds. The number of aryl methyl sites for hydroxylation is 1. The largest absolute Gasteiger partial charge is 0.494 e. The maximum absolute atomic E-state index is 5.67. The SMILES string of the molecule is CCOc1ccc(C2(CNc3cc(C)nc(-c4cccnc4)n3)CCOCC2)cc1. The Morgan fingerprint density at radius 3 is 2.60 bits per heavy atom. The molecule has 6 heteroatoms. The van der Waals surface area contributed by atoms with E-state index < -0.39 is 0 Å². The molecule has 2 aromatic heterocycles. The Balaban J connectivity index is 1.57. The smallest absolute Gasteiger partial charge is 0.163 e. The molecule has 0 unspecified atom stereocenters. The van der Waals surface area contributed by atoms with E-state index in [-0.39, 0.29) is 5.41 Å². The molecule has 1 saturated heterocycles. The lowest BCUT2D eigenvalue weighted by Crippen LogP contribution is -2.40. The van der Waals surface area contributed by atoms with Crippen molar-refractivity contribution < 1.29 is 9.47 Å². The van der Waals surface area contributed by atoms with Gasteiger partial charge in [-0.15, -0.1) is 0 Å². The zero-order chi connectivity index (χ0) is 20.8. The highest BCUT2D eigenvalue weighted by atomic mass is 16.5. The Hall–Kier alpha value is -2.99. The number of ether oxygens (including phenoxy) is 2. The van der Waals surface area contributed by atoms with E-state index in [1.165, 1.54) is 5.56 Å². The van der Waals surface area contributed by atoms with Crippen LogP contribution >= 0.6 is 0 Å². The second-order valence-corrected chi connectivity index (χ2v) is 7.66. The quantitative estimate of drug-likeness (QED) is 0.629. The normalized spacial score (nSPS) is 15.5. The second-order valence-electron chi connectivity index (χ2n) is 7.66. The molecular weight excluding hydrogens is 376 g/mol. The van der Waals surface area contributed by atoms with Crippen LogP contribution in [0.1, 0.15) is 31.0 Å². The lowest BCUT2D eigenvalue weighted by atomic mass is 9.74. The van der Waals surface area contributed by atoms with Gasteiger partial charge in [0.25, 0.3) is 0 Å². The molecule has 3 heterocycles. The van der Waals surface area contributed by atoms with E-state index in [2.05, 4.69) is 39.6 Å². The summed E-state index contributed by atoms with van der Waals surface area (Å²) in [7, 11) is 0. The molecular formula is C24H28N4O2. The summed E-state index contributed by atoms with van der Waals surface area (Å²) in [6, 6.07) is 14.4. The highest BCUT2D eigenvalue weighted by Gasteiger charge is 2.34. The average Bonchev–Trinajstić information content (AvgIpc) is 2.79. The number of hydrogen-bond donors (Lipinski definition) is 1. The van der Waals surface area contributed by atoms with Crippen LogP contribution in [0.5, 0.6) is 5.75 Å². The molecule has 0 bridgehead atoms. The second kappa shape index (κ2) is 9.22. The Kier molecular flexibility index (Phi) is 6.23. The minimum absolute atomic E-state index is 0.00366. The highest BCUT2D eigenvalue weighted by Crippen LogP contribution is 2.36. The van der Waals surface area contributed by atoms with E-state index in [0.29, 0.717) is 12.4 Å². The number of nitrogens with zero attached hydrogens (tertiary/aromatic N) is 3. The van der Waals surface area contributed by atoms with Crippen molar-refractivity contribution in [1.82, 2.24) is 15.0 Å². The molecule has 0 saturated carbocycles. The summed E-state index contributed by atoms with van der Waals surface area (Å²) >= 11 is 0. The zero-order valence-corrected chi connectivity index (χ0v) is 17.6. The van der Waals surface area contributed by atoms with Gasteiger partial charge in [-0.1, -0.05) is 12.1 Å². The number of pyridine rings is 1. The standard InChI is InChI=1S/C24H28N4O2/c1-3-30-21-8-6-20(7-9-21)24(10-13-29-14-11-24)17-26-22-15-18(2)27-23(28-22)19-5-4-12-25-16-19/h4-9,12,15-16H,3,10-11,13-14,17H2,1-2H3,(H,26,27,28). The van der Waals surface area contributed by atoms with E-state index in [0.717, 1.165) is 55.4 Å². The van der Waals surface area contributed by atoms with Gasteiger partial charge < -0.3 is 14.8 Å². The minimum Gasteiger partial charge on any atom is -0.494 e. The predicted molar refractivity (Wildman–Crippen MR) is 118 cm³/mol. The molecule has 1 fully saturated rings. The van der Waals surface area contributed by atoms with Gasteiger partial charge in [-0.2, -0.15) is 0 Å². The topological polar surface area (TPSA) is 69.2 Å². The van der Waals surface area contributed by atoms with E-state index >= 15 is 0 Å². The fraction of sp³-hybridized carbons (Fsp3) is 0.375. The van der Waals surface area contributed by atoms with Crippen molar-refractivity contribution in [2.75, 3.05) is 31.7 Å². The number of rotatable bonds is 7. The molecule has 6 nitrogen and oxygen atoms in total. The summed E-state index contributed by atoms with van der Waals surface area (Å²) in [6.07, 6.45) is 5.48. The molecule has 4 rings (SSSR count). The maximum Gasteiger partial charge on any atom is 0.163 e. The molecule has 30 heavy (non-hydrogen) atoms. The molecule has 1 aliphatic rings. The van der Waals surface area contributed by atoms with Crippen molar-refractivity contribution in [3.8, 4) is 17.1 Å². The lowest BCUT2D eigenvalue weighted by molar-refractivity contribution is 0.0543. The van der Waals surface area contributed by atoms with Crippen LogP contribution in [-0.4, -0.2) is 41.3 Å². The number of anilines is 1.